The Balaban J connectivity index is 1.94. The monoisotopic (exact) mass is 317 g/mol. The van der Waals surface area contributed by atoms with Crippen LogP contribution in [0.3, 0.4) is 0 Å². The van der Waals surface area contributed by atoms with Crippen molar-refractivity contribution in [3.8, 4) is 0 Å². The van der Waals surface area contributed by atoms with E-state index in [9.17, 15) is 4.79 Å². The van der Waals surface area contributed by atoms with Gasteiger partial charge in [0.05, 0.1) is 19.3 Å². The molecule has 1 heterocycles. The van der Waals surface area contributed by atoms with Gasteiger partial charge in [0.25, 0.3) is 0 Å². The maximum absolute atomic E-state index is 12.4. The molecule has 2 unspecified atom stereocenters. The van der Waals surface area contributed by atoms with Crippen molar-refractivity contribution in [2.24, 2.45) is 0 Å². The molecule has 1 aromatic carbocycles. The summed E-state index contributed by atoms with van der Waals surface area (Å²) in [6.45, 7) is 10.6. The van der Waals surface area contributed by atoms with E-state index in [2.05, 4.69) is 6.58 Å². The quantitative estimate of drug-likeness (QED) is 0.766. The first kappa shape index (κ1) is 17.5. The Kier molecular flexibility index (Phi) is 5.83. The number of carbonyl (C=O) groups excluding carboxylic acids is 1. The second-order valence-corrected chi connectivity index (χ2v) is 6.97. The van der Waals surface area contributed by atoms with E-state index >= 15 is 0 Å². The minimum atomic E-state index is -0.487. The number of hydrogen-bond acceptors (Lipinski definition) is 3. The van der Waals surface area contributed by atoms with Crippen LogP contribution in [0, 0.1) is 0 Å². The van der Waals surface area contributed by atoms with Gasteiger partial charge in [-0.25, -0.2) is 4.79 Å². The Morgan fingerprint density at radius 2 is 2.04 bits per heavy atom. The van der Waals surface area contributed by atoms with Gasteiger partial charge >= 0.3 is 6.09 Å². The highest BCUT2D eigenvalue weighted by Crippen LogP contribution is 2.26. The molecule has 1 amide bonds. The molecular weight excluding hydrogens is 290 g/mol. The van der Waals surface area contributed by atoms with Crippen molar-refractivity contribution in [1.82, 2.24) is 4.90 Å². The first-order valence-corrected chi connectivity index (χ1v) is 8.15. The van der Waals surface area contributed by atoms with Crippen molar-refractivity contribution in [3.05, 3.63) is 48.6 Å². The molecule has 0 spiro atoms. The highest BCUT2D eigenvalue weighted by atomic mass is 16.6. The van der Waals surface area contributed by atoms with Crippen molar-refractivity contribution in [2.75, 3.05) is 6.54 Å². The summed E-state index contributed by atoms with van der Waals surface area (Å²) in [4.78, 5) is 14.2. The Morgan fingerprint density at radius 1 is 1.35 bits per heavy atom. The lowest BCUT2D eigenvalue weighted by Crippen LogP contribution is -2.40. The molecule has 2 atom stereocenters. The Bertz CT molecular complexity index is 521. The fourth-order valence-electron chi connectivity index (χ4n) is 2.74. The molecule has 23 heavy (non-hydrogen) atoms. The molecule has 1 fully saturated rings. The number of benzene rings is 1. The van der Waals surface area contributed by atoms with Gasteiger partial charge in [-0.1, -0.05) is 36.4 Å². The summed E-state index contributed by atoms with van der Waals surface area (Å²) >= 11 is 0. The van der Waals surface area contributed by atoms with Crippen molar-refractivity contribution in [3.63, 3.8) is 0 Å². The lowest BCUT2D eigenvalue weighted by atomic mass is 10.1. The van der Waals surface area contributed by atoms with Gasteiger partial charge in [0, 0.05) is 6.04 Å². The Hall–Kier alpha value is -1.81. The third kappa shape index (κ3) is 5.39. The summed E-state index contributed by atoms with van der Waals surface area (Å²) in [5.41, 5.74) is 0.655. The predicted molar refractivity (Wildman–Crippen MR) is 91.2 cm³/mol. The third-order valence-electron chi connectivity index (χ3n) is 3.77. The number of ether oxygens (including phenoxy) is 2. The highest BCUT2D eigenvalue weighted by Gasteiger charge is 2.37. The third-order valence-corrected chi connectivity index (χ3v) is 3.77. The number of carbonyl (C=O) groups is 1. The lowest BCUT2D eigenvalue weighted by Gasteiger charge is -2.28. The zero-order valence-electron chi connectivity index (χ0n) is 14.3. The van der Waals surface area contributed by atoms with Crippen LogP contribution < -0.4 is 0 Å². The smallest absolute Gasteiger partial charge is 0.410 e. The SMILES string of the molecule is C=CCC1CC(OCc2ccccc2)CN1C(=O)OC(C)(C)C. The van der Waals surface area contributed by atoms with Crippen LogP contribution in [0.15, 0.2) is 43.0 Å². The average Bonchev–Trinajstić information content (AvgIpc) is 2.88. The fourth-order valence-corrected chi connectivity index (χ4v) is 2.74. The predicted octanol–water partition coefficient (Wildman–Crippen LogP) is 4.16. The van der Waals surface area contributed by atoms with Crippen LogP contribution in [0.25, 0.3) is 0 Å². The molecule has 2 rings (SSSR count). The first-order valence-electron chi connectivity index (χ1n) is 8.15. The summed E-state index contributed by atoms with van der Waals surface area (Å²) in [5, 5.41) is 0. The van der Waals surface area contributed by atoms with Crippen LogP contribution >= 0.6 is 0 Å². The molecule has 1 aromatic rings. The van der Waals surface area contributed by atoms with Crippen LogP contribution in [-0.2, 0) is 16.1 Å². The molecule has 4 nitrogen and oxygen atoms in total. The number of likely N-dealkylation sites (tertiary alicyclic amines) is 1. The van der Waals surface area contributed by atoms with Gasteiger partial charge < -0.3 is 14.4 Å². The highest BCUT2D eigenvalue weighted by molar-refractivity contribution is 5.69. The summed E-state index contributed by atoms with van der Waals surface area (Å²) in [5.74, 6) is 0. The van der Waals surface area contributed by atoms with Gasteiger partial charge in [-0.2, -0.15) is 0 Å². The van der Waals surface area contributed by atoms with Crippen molar-refractivity contribution < 1.29 is 14.3 Å². The Labute approximate surface area is 139 Å². The van der Waals surface area contributed by atoms with Crippen molar-refractivity contribution in [1.29, 1.82) is 0 Å². The van der Waals surface area contributed by atoms with Gasteiger partial charge in [-0.05, 0) is 39.2 Å². The number of nitrogens with zero attached hydrogens (tertiary/aromatic N) is 1. The largest absolute Gasteiger partial charge is 0.444 e. The molecule has 0 aromatic heterocycles. The van der Waals surface area contributed by atoms with Crippen LogP contribution in [0.2, 0.25) is 0 Å². The van der Waals surface area contributed by atoms with E-state index in [1.807, 2.05) is 57.2 Å². The molecule has 0 aliphatic carbocycles. The first-order chi connectivity index (χ1) is 10.9. The van der Waals surface area contributed by atoms with Gasteiger partial charge in [0.1, 0.15) is 5.60 Å². The lowest BCUT2D eigenvalue weighted by molar-refractivity contribution is 0.0151. The van der Waals surface area contributed by atoms with Gasteiger partial charge in [0.2, 0.25) is 0 Å². The fraction of sp³-hybridized carbons (Fsp3) is 0.526. The number of amides is 1. The van der Waals surface area contributed by atoms with Gasteiger partial charge in [-0.15, -0.1) is 6.58 Å². The number of rotatable bonds is 5. The van der Waals surface area contributed by atoms with Crippen LogP contribution in [0.1, 0.15) is 39.2 Å². The average molecular weight is 317 g/mol. The summed E-state index contributed by atoms with van der Waals surface area (Å²) in [6.07, 6.45) is 3.19. The van der Waals surface area contributed by atoms with Crippen LogP contribution in [0.5, 0.6) is 0 Å². The molecule has 0 radical (unpaired) electrons. The molecule has 126 valence electrons. The van der Waals surface area contributed by atoms with E-state index < -0.39 is 5.60 Å². The topological polar surface area (TPSA) is 38.8 Å². The van der Waals surface area contributed by atoms with E-state index in [0.717, 1.165) is 18.4 Å². The van der Waals surface area contributed by atoms with E-state index in [0.29, 0.717) is 13.2 Å². The molecule has 1 aliphatic heterocycles. The molecule has 1 saturated heterocycles. The minimum absolute atomic E-state index is 0.0349. The summed E-state index contributed by atoms with van der Waals surface area (Å²) in [6, 6.07) is 10.2. The maximum Gasteiger partial charge on any atom is 0.410 e. The molecular formula is C19H27NO3. The van der Waals surface area contributed by atoms with E-state index in [-0.39, 0.29) is 18.2 Å². The van der Waals surface area contributed by atoms with E-state index in [4.69, 9.17) is 9.47 Å². The summed E-state index contributed by atoms with van der Waals surface area (Å²) in [7, 11) is 0. The zero-order chi connectivity index (χ0) is 16.9. The molecule has 0 bridgehead atoms. The molecule has 0 saturated carbocycles. The maximum atomic E-state index is 12.4. The van der Waals surface area contributed by atoms with Crippen LogP contribution in [-0.4, -0.2) is 35.3 Å². The van der Waals surface area contributed by atoms with Gasteiger partial charge in [-0.3, -0.25) is 0 Å². The van der Waals surface area contributed by atoms with Crippen LogP contribution in [0.4, 0.5) is 4.79 Å². The summed E-state index contributed by atoms with van der Waals surface area (Å²) < 4.78 is 11.5. The molecule has 1 aliphatic rings. The second-order valence-electron chi connectivity index (χ2n) is 6.97. The van der Waals surface area contributed by atoms with Gasteiger partial charge in [0.15, 0.2) is 0 Å². The zero-order valence-corrected chi connectivity index (χ0v) is 14.3. The standard InChI is InChI=1S/C19H27NO3/c1-5-9-16-12-17(22-14-15-10-7-6-8-11-15)13-20(16)18(21)23-19(2,3)4/h5-8,10-11,16-17H,1,9,12-14H2,2-4H3. The van der Waals surface area contributed by atoms with E-state index in [1.54, 1.807) is 4.90 Å². The minimum Gasteiger partial charge on any atom is -0.444 e. The second kappa shape index (κ2) is 7.64. The number of hydrogen-bond donors (Lipinski definition) is 0. The van der Waals surface area contributed by atoms with Crippen molar-refractivity contribution >= 4 is 6.09 Å². The normalized spacial score (nSPS) is 21.3. The Morgan fingerprint density at radius 3 is 2.65 bits per heavy atom. The molecule has 4 heteroatoms. The van der Waals surface area contributed by atoms with E-state index in [1.165, 1.54) is 0 Å². The van der Waals surface area contributed by atoms with Crippen molar-refractivity contribution in [2.45, 2.75) is 58.0 Å². The molecule has 0 N–H and O–H groups in total.